The van der Waals surface area contributed by atoms with Gasteiger partial charge in [-0.25, -0.2) is 4.98 Å². The van der Waals surface area contributed by atoms with Crippen LogP contribution in [0.2, 0.25) is 0 Å². The van der Waals surface area contributed by atoms with Gasteiger partial charge in [0, 0.05) is 16.8 Å². The Balaban J connectivity index is 2.30. The van der Waals surface area contributed by atoms with Crippen LogP contribution in [0.1, 0.15) is 19.0 Å². The van der Waals surface area contributed by atoms with Crippen LogP contribution < -0.4 is 5.32 Å². The Morgan fingerprint density at radius 2 is 2.47 bits per heavy atom. The molecule has 0 radical (unpaired) electrons. The number of hydrogen-bond donors (Lipinski definition) is 1. The summed E-state index contributed by atoms with van der Waals surface area (Å²) in [5.41, 5.74) is 1.05. The number of aromatic nitrogens is 1. The average Bonchev–Trinajstić information content (AvgIpc) is 2.71. The van der Waals surface area contributed by atoms with Crippen molar-refractivity contribution in [2.24, 2.45) is 0 Å². The number of esters is 1. The van der Waals surface area contributed by atoms with Crippen molar-refractivity contribution in [3.8, 4) is 0 Å². The summed E-state index contributed by atoms with van der Waals surface area (Å²) >= 11 is 3.32. The average molecular weight is 274 g/mol. The lowest BCUT2D eigenvalue weighted by Crippen LogP contribution is -2.36. The number of hydrogen-bond acceptors (Lipinski definition) is 6. The molecule has 0 aliphatic carbocycles. The van der Waals surface area contributed by atoms with Crippen LogP contribution in [0.3, 0.4) is 0 Å². The highest BCUT2D eigenvalue weighted by molar-refractivity contribution is 8.01. The molecule has 0 spiro atoms. The first kappa shape index (κ1) is 14.5. The van der Waals surface area contributed by atoms with Gasteiger partial charge in [-0.15, -0.1) is 11.3 Å². The minimum absolute atomic E-state index is 0.175. The molecule has 0 aliphatic rings. The maximum absolute atomic E-state index is 11.5. The Labute approximate surface area is 110 Å². The van der Waals surface area contributed by atoms with Crippen LogP contribution in [0.4, 0.5) is 0 Å². The first-order valence-corrected chi connectivity index (χ1v) is 7.42. The smallest absolute Gasteiger partial charge is 0.323 e. The lowest BCUT2D eigenvalue weighted by atomic mass is 10.2. The second-order valence-corrected chi connectivity index (χ2v) is 5.69. The maximum Gasteiger partial charge on any atom is 0.323 e. The van der Waals surface area contributed by atoms with Crippen LogP contribution in [0.5, 0.6) is 0 Å². The van der Waals surface area contributed by atoms with E-state index in [1.54, 1.807) is 30.1 Å². The van der Waals surface area contributed by atoms with Crippen LogP contribution in [0.25, 0.3) is 0 Å². The van der Waals surface area contributed by atoms with Crippen LogP contribution in [0.15, 0.2) is 9.72 Å². The van der Waals surface area contributed by atoms with E-state index >= 15 is 0 Å². The highest BCUT2D eigenvalue weighted by atomic mass is 32.2. The predicted octanol–water partition coefficient (Wildman–Crippen LogP) is 2.08. The largest absolute Gasteiger partial charge is 0.465 e. The molecule has 17 heavy (non-hydrogen) atoms. The number of likely N-dealkylation sites (N-methyl/N-ethyl adjacent to an activating group) is 1. The number of ether oxygens (including phenoxy) is 1. The molecule has 0 saturated heterocycles. The summed E-state index contributed by atoms with van der Waals surface area (Å²) in [6, 6.07) is -0.219. The molecule has 0 aromatic carbocycles. The van der Waals surface area contributed by atoms with Crippen molar-refractivity contribution in [2.45, 2.75) is 30.6 Å². The van der Waals surface area contributed by atoms with Gasteiger partial charge in [0.05, 0.1) is 6.61 Å². The third-order valence-electron chi connectivity index (χ3n) is 2.15. The summed E-state index contributed by atoms with van der Waals surface area (Å²) in [6.45, 7) is 4.23. The van der Waals surface area contributed by atoms with E-state index in [1.807, 2.05) is 19.2 Å². The molecule has 4 nitrogen and oxygen atoms in total. The van der Waals surface area contributed by atoms with E-state index in [0.717, 1.165) is 22.2 Å². The van der Waals surface area contributed by atoms with Gasteiger partial charge in [-0.3, -0.25) is 4.79 Å². The third kappa shape index (κ3) is 5.06. The number of thiazole rings is 1. The fraction of sp³-hybridized carbons (Fsp3) is 0.636. The summed E-state index contributed by atoms with van der Waals surface area (Å²) in [5, 5.41) is 5.00. The van der Waals surface area contributed by atoms with Crippen LogP contribution in [-0.4, -0.2) is 36.4 Å². The molecular formula is C11H18N2O2S2. The third-order valence-corrected chi connectivity index (χ3v) is 4.32. The van der Waals surface area contributed by atoms with Crippen LogP contribution in [0, 0.1) is 6.92 Å². The fourth-order valence-corrected chi connectivity index (χ4v) is 3.21. The molecule has 0 bridgehead atoms. The van der Waals surface area contributed by atoms with Gasteiger partial charge in [0.15, 0.2) is 0 Å². The van der Waals surface area contributed by atoms with E-state index in [4.69, 9.17) is 4.74 Å². The lowest BCUT2D eigenvalue weighted by Gasteiger charge is -2.13. The van der Waals surface area contributed by atoms with Gasteiger partial charge in [0.25, 0.3) is 0 Å². The van der Waals surface area contributed by atoms with Gasteiger partial charge in [-0.1, -0.05) is 11.8 Å². The molecule has 0 amide bonds. The zero-order valence-corrected chi connectivity index (χ0v) is 12.0. The summed E-state index contributed by atoms with van der Waals surface area (Å²) in [7, 11) is 1.78. The second kappa shape index (κ2) is 7.68. The summed E-state index contributed by atoms with van der Waals surface area (Å²) in [4.78, 5) is 15.9. The van der Waals surface area contributed by atoms with Gasteiger partial charge in [0.2, 0.25) is 0 Å². The van der Waals surface area contributed by atoms with E-state index < -0.39 is 0 Å². The molecule has 0 fully saturated rings. The first-order chi connectivity index (χ1) is 8.17. The topological polar surface area (TPSA) is 51.2 Å². The van der Waals surface area contributed by atoms with Crippen molar-refractivity contribution >= 4 is 29.1 Å². The van der Waals surface area contributed by atoms with Crippen molar-refractivity contribution < 1.29 is 9.53 Å². The summed E-state index contributed by atoms with van der Waals surface area (Å²) < 4.78 is 6.03. The van der Waals surface area contributed by atoms with E-state index in [-0.39, 0.29) is 12.0 Å². The molecular weight excluding hydrogens is 256 g/mol. The van der Waals surface area contributed by atoms with Crippen molar-refractivity contribution in [3.05, 3.63) is 11.1 Å². The van der Waals surface area contributed by atoms with Crippen LogP contribution >= 0.6 is 23.1 Å². The number of thioether (sulfide) groups is 1. The first-order valence-electron chi connectivity index (χ1n) is 5.56. The van der Waals surface area contributed by atoms with Crippen molar-refractivity contribution in [1.82, 2.24) is 10.3 Å². The number of carbonyl (C=O) groups excluding carboxylic acids is 1. The molecule has 6 heteroatoms. The Bertz CT molecular complexity index is 355. The number of nitrogens with one attached hydrogen (secondary N) is 1. The van der Waals surface area contributed by atoms with E-state index in [2.05, 4.69) is 10.3 Å². The molecule has 96 valence electrons. The maximum atomic E-state index is 11.5. The molecule has 1 heterocycles. The van der Waals surface area contributed by atoms with Gasteiger partial charge >= 0.3 is 5.97 Å². The van der Waals surface area contributed by atoms with Crippen molar-refractivity contribution in [1.29, 1.82) is 0 Å². The standard InChI is InChI=1S/C11H18N2O2S2/c1-4-15-10(14)9(12-3)5-6-16-11-13-8(2)7-17-11/h7,9,12H,4-6H2,1-3H3. The minimum atomic E-state index is -0.219. The molecule has 1 rings (SSSR count). The quantitative estimate of drug-likeness (QED) is 0.609. The Morgan fingerprint density at radius 3 is 3.00 bits per heavy atom. The van der Waals surface area contributed by atoms with E-state index in [1.165, 1.54) is 0 Å². The summed E-state index contributed by atoms with van der Waals surface area (Å²) in [6.07, 6.45) is 0.749. The normalized spacial score (nSPS) is 12.4. The minimum Gasteiger partial charge on any atom is -0.465 e. The highest BCUT2D eigenvalue weighted by Gasteiger charge is 2.17. The monoisotopic (exact) mass is 274 g/mol. The van der Waals surface area contributed by atoms with Crippen molar-refractivity contribution in [2.75, 3.05) is 19.4 Å². The number of rotatable bonds is 7. The Kier molecular flexibility index (Phi) is 6.54. The zero-order valence-electron chi connectivity index (χ0n) is 10.4. The van der Waals surface area contributed by atoms with Crippen LogP contribution in [-0.2, 0) is 9.53 Å². The van der Waals surface area contributed by atoms with Crippen molar-refractivity contribution in [3.63, 3.8) is 0 Å². The molecule has 1 aromatic heterocycles. The summed E-state index contributed by atoms with van der Waals surface area (Å²) in [5.74, 6) is 0.683. The SMILES string of the molecule is CCOC(=O)C(CCSc1nc(C)cs1)NC. The number of nitrogens with zero attached hydrogens (tertiary/aromatic N) is 1. The van der Waals surface area contributed by atoms with Gasteiger partial charge in [-0.2, -0.15) is 0 Å². The van der Waals surface area contributed by atoms with Gasteiger partial charge in [0.1, 0.15) is 10.4 Å². The Hall–Kier alpha value is -0.590. The zero-order chi connectivity index (χ0) is 12.7. The molecule has 0 aliphatic heterocycles. The molecule has 1 N–H and O–H groups in total. The molecule has 1 atom stereocenters. The second-order valence-electron chi connectivity index (χ2n) is 3.49. The molecule has 0 saturated carbocycles. The molecule has 1 aromatic rings. The molecule has 1 unspecified atom stereocenters. The van der Waals surface area contributed by atoms with Gasteiger partial charge < -0.3 is 10.1 Å². The van der Waals surface area contributed by atoms with Gasteiger partial charge in [-0.05, 0) is 27.3 Å². The highest BCUT2D eigenvalue weighted by Crippen LogP contribution is 2.23. The fourth-order valence-electron chi connectivity index (χ4n) is 1.29. The number of carbonyl (C=O) groups is 1. The van der Waals surface area contributed by atoms with E-state index in [0.29, 0.717) is 6.61 Å². The van der Waals surface area contributed by atoms with E-state index in [9.17, 15) is 4.79 Å². The number of aryl methyl sites for hydroxylation is 1. The lowest BCUT2D eigenvalue weighted by molar-refractivity contribution is -0.145. The predicted molar refractivity (Wildman–Crippen MR) is 71.7 cm³/mol. The Morgan fingerprint density at radius 1 is 1.71 bits per heavy atom.